The Morgan fingerprint density at radius 3 is 1.15 bits per heavy atom. The molecule has 1 amide bonds. The van der Waals surface area contributed by atoms with Gasteiger partial charge in [0.25, 0.3) is 0 Å². The Balaban J connectivity index is 0.000000291. The zero-order chi connectivity index (χ0) is 58.3. The molecule has 0 saturated heterocycles. The zero-order valence-corrected chi connectivity index (χ0v) is 42.6. The van der Waals surface area contributed by atoms with Gasteiger partial charge in [-0.3, -0.25) is 28.8 Å². The maximum atomic E-state index is 13.2. The number of rotatable bonds is 22. The standard InChI is InChI=1S/C29H29F6NO4.C28H26F6O5/c1-36-26(38)7-5-3-2-4-6-23(37)17-40-24-10-11-25-19(15-24)8-9-20(27(25)39)12-18-13-21(28(30,31)32)16-22(14-18)29(33,34)35;29-27(30,31)20-12-17(13-21(15-20)28(32,33)34)11-19-8-7-18-14-23(9-10-24(18)26(19)38)39-16-22(35)5-3-1-2-4-6-25(36)37/h10-16H,2-9,17H2,1H3,(H,36,38);9-15H,1-8,16H2,(H,36,37)/b20-12+;19-11+. The van der Waals surface area contributed by atoms with Crippen molar-refractivity contribution in [1.82, 2.24) is 5.32 Å². The lowest BCUT2D eigenvalue weighted by atomic mass is 9.85. The molecular formula is C57H55F12NO9. The van der Waals surface area contributed by atoms with Crippen LogP contribution in [0.3, 0.4) is 0 Å². The number of aliphatic carboxylic acids is 1. The number of unbranched alkanes of at least 4 members (excludes halogenated alkanes) is 6. The molecule has 0 aliphatic heterocycles. The van der Waals surface area contributed by atoms with Crippen molar-refractivity contribution in [3.8, 4) is 11.5 Å². The highest BCUT2D eigenvalue weighted by molar-refractivity contribution is 6.14. The second-order valence-electron chi connectivity index (χ2n) is 18.9. The van der Waals surface area contributed by atoms with Crippen molar-refractivity contribution in [2.45, 2.75) is 127 Å². The van der Waals surface area contributed by atoms with Crippen LogP contribution in [0.25, 0.3) is 12.2 Å². The average molecular weight is 1130 g/mol. The summed E-state index contributed by atoms with van der Waals surface area (Å²) in [5.74, 6) is -1.36. The molecule has 0 fully saturated rings. The number of carbonyl (C=O) groups is 6. The van der Waals surface area contributed by atoms with Crippen molar-refractivity contribution in [1.29, 1.82) is 0 Å². The van der Waals surface area contributed by atoms with Gasteiger partial charge in [-0.1, -0.05) is 25.7 Å². The van der Waals surface area contributed by atoms with Crippen LogP contribution in [0.15, 0.2) is 83.9 Å². The molecule has 0 bridgehead atoms. The smallest absolute Gasteiger partial charge is 0.416 e. The first-order chi connectivity index (χ1) is 37.0. The van der Waals surface area contributed by atoms with Crippen LogP contribution < -0.4 is 14.8 Å². The number of carbonyl (C=O) groups excluding carboxylic acids is 5. The lowest BCUT2D eigenvalue weighted by molar-refractivity contribution is -0.144. The molecule has 79 heavy (non-hydrogen) atoms. The first-order valence-electron chi connectivity index (χ1n) is 25.1. The maximum absolute atomic E-state index is 13.2. The van der Waals surface area contributed by atoms with E-state index in [1.807, 2.05) is 0 Å². The van der Waals surface area contributed by atoms with E-state index in [-0.39, 0.29) is 102 Å². The van der Waals surface area contributed by atoms with E-state index in [1.54, 1.807) is 19.2 Å². The van der Waals surface area contributed by atoms with E-state index >= 15 is 0 Å². The third-order valence-electron chi connectivity index (χ3n) is 12.7. The van der Waals surface area contributed by atoms with Crippen molar-refractivity contribution in [2.24, 2.45) is 0 Å². The molecule has 4 aromatic rings. The molecule has 0 radical (unpaired) electrons. The summed E-state index contributed by atoms with van der Waals surface area (Å²) in [5, 5.41) is 11.2. The molecule has 0 spiro atoms. The van der Waals surface area contributed by atoms with Gasteiger partial charge in [-0.25, -0.2) is 0 Å². The number of alkyl halides is 12. The monoisotopic (exact) mass is 1130 g/mol. The summed E-state index contributed by atoms with van der Waals surface area (Å²) in [6.45, 7) is -0.322. The van der Waals surface area contributed by atoms with E-state index in [4.69, 9.17) is 14.6 Å². The number of hydrogen-bond acceptors (Lipinski definition) is 8. The molecule has 0 saturated carbocycles. The van der Waals surface area contributed by atoms with Gasteiger partial charge >= 0.3 is 30.7 Å². The molecule has 0 atom stereocenters. The van der Waals surface area contributed by atoms with Crippen LogP contribution >= 0.6 is 0 Å². The van der Waals surface area contributed by atoms with Gasteiger partial charge in [-0.15, -0.1) is 0 Å². The Labute approximate surface area is 446 Å². The molecular weight excluding hydrogens is 1070 g/mol. The molecule has 426 valence electrons. The molecule has 0 heterocycles. The number of allylic oxidation sites excluding steroid dienone is 2. The molecule has 0 unspecified atom stereocenters. The first-order valence-corrected chi connectivity index (χ1v) is 25.1. The lowest BCUT2D eigenvalue weighted by Gasteiger charge is -2.19. The SMILES string of the molecule is CNC(=O)CCCCCCC(=O)COc1ccc2c(c1)CC/C(=C\c1cc(C(F)(F)F)cc(C(F)(F)F)c1)C2=O.O=C(O)CCCCCCC(=O)COc1ccc2c(c1)CC/C(=C\c1cc(C(F)(F)F)cc(C(F)(F)F)c1)C2=O. The molecule has 22 heteroatoms. The predicted octanol–water partition coefficient (Wildman–Crippen LogP) is 14.3. The number of aryl methyl sites for hydroxylation is 2. The van der Waals surface area contributed by atoms with Crippen molar-refractivity contribution in [2.75, 3.05) is 20.3 Å². The van der Waals surface area contributed by atoms with Crippen molar-refractivity contribution < 1.29 is 96.0 Å². The number of ether oxygens (including phenoxy) is 2. The van der Waals surface area contributed by atoms with Crippen molar-refractivity contribution in [3.63, 3.8) is 0 Å². The van der Waals surface area contributed by atoms with Gasteiger partial charge in [0.2, 0.25) is 5.91 Å². The molecule has 2 aliphatic rings. The quantitative estimate of drug-likeness (QED) is 0.0445. The van der Waals surface area contributed by atoms with Gasteiger partial charge in [0.1, 0.15) is 24.7 Å². The predicted molar refractivity (Wildman–Crippen MR) is 265 cm³/mol. The first kappa shape index (κ1) is 62.6. The summed E-state index contributed by atoms with van der Waals surface area (Å²) in [6.07, 6.45) is -10.1. The number of amides is 1. The fourth-order valence-corrected chi connectivity index (χ4v) is 8.60. The van der Waals surface area contributed by atoms with Crippen LogP contribution in [0.4, 0.5) is 52.7 Å². The number of nitrogens with one attached hydrogen (secondary N) is 1. The Kier molecular flexibility index (Phi) is 21.8. The minimum Gasteiger partial charge on any atom is -0.486 e. The number of halogens is 12. The van der Waals surface area contributed by atoms with E-state index in [1.165, 1.54) is 24.3 Å². The Morgan fingerprint density at radius 2 is 0.823 bits per heavy atom. The van der Waals surface area contributed by atoms with Gasteiger partial charge in [-0.05, 0) is 159 Å². The second-order valence-corrected chi connectivity index (χ2v) is 18.9. The normalized spacial score (nSPS) is 14.7. The van der Waals surface area contributed by atoms with E-state index in [0.29, 0.717) is 98.3 Å². The summed E-state index contributed by atoms with van der Waals surface area (Å²) in [4.78, 5) is 71.8. The Morgan fingerprint density at radius 1 is 0.481 bits per heavy atom. The fourth-order valence-electron chi connectivity index (χ4n) is 8.60. The maximum Gasteiger partial charge on any atom is 0.416 e. The number of ketones is 4. The number of hydrogen-bond donors (Lipinski definition) is 2. The molecule has 10 nitrogen and oxygen atoms in total. The van der Waals surface area contributed by atoms with Crippen LogP contribution in [0.1, 0.15) is 155 Å². The van der Waals surface area contributed by atoms with E-state index in [0.717, 1.165) is 37.8 Å². The summed E-state index contributed by atoms with van der Waals surface area (Å²) in [6, 6.07) is 11.5. The lowest BCUT2D eigenvalue weighted by Crippen LogP contribution is -2.16. The highest BCUT2D eigenvalue weighted by Crippen LogP contribution is 2.40. The minimum atomic E-state index is -4.99. The van der Waals surface area contributed by atoms with Crippen LogP contribution in [-0.4, -0.2) is 60.4 Å². The molecule has 6 rings (SSSR count). The Hall–Kier alpha value is -7.26. The summed E-state index contributed by atoms with van der Waals surface area (Å²) in [7, 11) is 1.58. The summed E-state index contributed by atoms with van der Waals surface area (Å²) >= 11 is 0. The third-order valence-corrected chi connectivity index (χ3v) is 12.7. The molecule has 2 N–H and O–H groups in total. The van der Waals surface area contributed by atoms with Gasteiger partial charge in [0, 0.05) is 55.0 Å². The highest BCUT2D eigenvalue weighted by atomic mass is 19.4. The molecule has 4 aromatic carbocycles. The number of carboxylic acid groups (broad SMARTS) is 1. The minimum absolute atomic E-state index is 0.0151. The van der Waals surface area contributed by atoms with Crippen molar-refractivity contribution in [3.05, 3.63) is 140 Å². The number of Topliss-reactive ketones (excluding diaryl/α,β-unsaturated/α-hetero) is 4. The largest absolute Gasteiger partial charge is 0.486 e. The zero-order valence-electron chi connectivity index (χ0n) is 42.6. The number of fused-ring (bicyclic) bond motifs is 2. The molecule has 2 aliphatic carbocycles. The van der Waals surface area contributed by atoms with Crippen LogP contribution in [0.2, 0.25) is 0 Å². The van der Waals surface area contributed by atoms with Gasteiger partial charge in [0.15, 0.2) is 23.1 Å². The summed E-state index contributed by atoms with van der Waals surface area (Å²) in [5.41, 5.74) is -4.62. The Bertz CT molecular complexity index is 2870. The van der Waals surface area contributed by atoms with E-state index in [9.17, 15) is 81.5 Å². The van der Waals surface area contributed by atoms with Gasteiger partial charge < -0.3 is 19.9 Å². The second kappa shape index (κ2) is 27.6. The third kappa shape index (κ3) is 19.6. The fraction of sp³-hybridized carbons (Fsp3) is 0.404. The van der Waals surface area contributed by atoms with Crippen molar-refractivity contribution >= 4 is 47.2 Å². The number of carboxylic acids is 1. The van der Waals surface area contributed by atoms with Crippen LogP contribution in [-0.2, 0) is 56.7 Å². The van der Waals surface area contributed by atoms with Gasteiger partial charge in [0.05, 0.1) is 22.3 Å². The van der Waals surface area contributed by atoms with Crippen LogP contribution in [0, 0.1) is 0 Å². The van der Waals surface area contributed by atoms with Crippen LogP contribution in [0.5, 0.6) is 11.5 Å². The average Bonchev–Trinajstić information content (AvgIpc) is 3.38. The number of benzene rings is 4. The summed E-state index contributed by atoms with van der Waals surface area (Å²) < 4.78 is 169. The molecule has 0 aromatic heterocycles. The topological polar surface area (TPSA) is 153 Å². The van der Waals surface area contributed by atoms with Gasteiger partial charge in [-0.2, -0.15) is 52.7 Å². The van der Waals surface area contributed by atoms with E-state index in [2.05, 4.69) is 5.32 Å². The highest BCUT2D eigenvalue weighted by Gasteiger charge is 2.38. The van der Waals surface area contributed by atoms with E-state index < -0.39 is 64.5 Å².